The van der Waals surface area contributed by atoms with Gasteiger partial charge in [0, 0.05) is 26.7 Å². The highest BCUT2D eigenvalue weighted by atomic mass is 127. The molecular formula is C19H28IN3O2. The van der Waals surface area contributed by atoms with Crippen LogP contribution in [0.5, 0.6) is 5.75 Å². The average molecular weight is 457 g/mol. The van der Waals surface area contributed by atoms with E-state index in [0.29, 0.717) is 13.2 Å². The van der Waals surface area contributed by atoms with Gasteiger partial charge in [0.25, 0.3) is 0 Å². The molecule has 6 heteroatoms. The van der Waals surface area contributed by atoms with Gasteiger partial charge in [-0.05, 0) is 36.2 Å². The predicted octanol–water partition coefficient (Wildman–Crippen LogP) is 3.43. The first-order chi connectivity index (χ1) is 11.8. The van der Waals surface area contributed by atoms with Crippen LogP contribution in [0.25, 0.3) is 10.8 Å². The molecule has 0 aliphatic heterocycles. The van der Waals surface area contributed by atoms with Crippen molar-refractivity contribution in [2.24, 2.45) is 4.99 Å². The zero-order valence-corrected chi connectivity index (χ0v) is 17.3. The third-order valence-corrected chi connectivity index (χ3v) is 3.57. The fraction of sp³-hybridized carbons (Fsp3) is 0.421. The van der Waals surface area contributed by atoms with Gasteiger partial charge in [0.2, 0.25) is 0 Å². The number of rotatable bonds is 9. The van der Waals surface area contributed by atoms with Crippen LogP contribution < -0.4 is 15.4 Å². The molecule has 0 unspecified atom stereocenters. The van der Waals surface area contributed by atoms with E-state index in [1.807, 2.05) is 25.1 Å². The second kappa shape index (κ2) is 12.8. The number of hydrogen-bond donors (Lipinski definition) is 2. The first-order valence-corrected chi connectivity index (χ1v) is 8.47. The van der Waals surface area contributed by atoms with Crippen LogP contribution in [0.1, 0.15) is 13.3 Å². The van der Waals surface area contributed by atoms with Crippen molar-refractivity contribution < 1.29 is 9.47 Å². The van der Waals surface area contributed by atoms with Crippen molar-refractivity contribution in [2.75, 3.05) is 40.0 Å². The minimum atomic E-state index is 0. The molecule has 0 spiro atoms. The Labute approximate surface area is 167 Å². The van der Waals surface area contributed by atoms with Gasteiger partial charge in [-0.15, -0.1) is 24.0 Å². The van der Waals surface area contributed by atoms with Gasteiger partial charge in [0.15, 0.2) is 5.96 Å². The van der Waals surface area contributed by atoms with Gasteiger partial charge < -0.3 is 20.1 Å². The summed E-state index contributed by atoms with van der Waals surface area (Å²) in [6.45, 7) is 5.63. The maximum Gasteiger partial charge on any atom is 0.191 e. The molecule has 0 aliphatic rings. The Morgan fingerprint density at radius 1 is 1.00 bits per heavy atom. The van der Waals surface area contributed by atoms with Crippen LogP contribution in [-0.2, 0) is 4.74 Å². The Bertz CT molecular complexity index is 649. The number of halogens is 1. The number of nitrogens with zero attached hydrogens (tertiary/aromatic N) is 1. The Morgan fingerprint density at radius 2 is 1.76 bits per heavy atom. The first-order valence-electron chi connectivity index (χ1n) is 8.47. The number of ether oxygens (including phenoxy) is 2. The molecule has 0 saturated heterocycles. The summed E-state index contributed by atoms with van der Waals surface area (Å²) in [6.07, 6.45) is 0.902. The zero-order chi connectivity index (χ0) is 17.0. The van der Waals surface area contributed by atoms with E-state index in [-0.39, 0.29) is 24.0 Å². The molecule has 0 saturated carbocycles. The highest BCUT2D eigenvalue weighted by molar-refractivity contribution is 14.0. The lowest BCUT2D eigenvalue weighted by Crippen LogP contribution is -2.39. The molecule has 2 aromatic carbocycles. The average Bonchev–Trinajstić information content (AvgIpc) is 2.63. The van der Waals surface area contributed by atoms with Crippen LogP contribution in [0.3, 0.4) is 0 Å². The first kappa shape index (κ1) is 21.5. The molecule has 0 amide bonds. The maximum atomic E-state index is 5.82. The number of benzene rings is 2. The number of hydrogen-bond acceptors (Lipinski definition) is 3. The predicted molar refractivity (Wildman–Crippen MR) is 115 cm³/mol. The van der Waals surface area contributed by atoms with Crippen molar-refractivity contribution in [1.29, 1.82) is 0 Å². The summed E-state index contributed by atoms with van der Waals surface area (Å²) in [4.78, 5) is 4.17. The molecule has 2 aromatic rings. The van der Waals surface area contributed by atoms with E-state index in [4.69, 9.17) is 9.47 Å². The number of fused-ring (bicyclic) bond motifs is 1. The number of nitrogens with one attached hydrogen (secondary N) is 2. The number of aliphatic imine (C=N–C) groups is 1. The zero-order valence-electron chi connectivity index (χ0n) is 15.0. The minimum Gasteiger partial charge on any atom is -0.494 e. The number of guanidine groups is 1. The SMILES string of the molecule is CCOCCNC(=NC)NCCCOc1ccc2ccccc2c1.I. The van der Waals surface area contributed by atoms with Gasteiger partial charge in [-0.25, -0.2) is 0 Å². The molecule has 0 bridgehead atoms. The van der Waals surface area contributed by atoms with E-state index in [0.717, 1.165) is 37.8 Å². The van der Waals surface area contributed by atoms with Crippen LogP contribution in [0.15, 0.2) is 47.5 Å². The summed E-state index contributed by atoms with van der Waals surface area (Å²) in [5.74, 6) is 1.70. The smallest absolute Gasteiger partial charge is 0.191 e. The standard InChI is InChI=1S/C19H27N3O2.HI/c1-3-23-14-12-22-19(20-2)21-11-6-13-24-18-10-9-16-7-4-5-8-17(16)15-18;/h4-5,7-10,15H,3,6,11-14H2,1-2H3,(H2,20,21,22);1H. The lowest BCUT2D eigenvalue weighted by molar-refractivity contribution is 0.152. The van der Waals surface area contributed by atoms with Gasteiger partial charge in [0.05, 0.1) is 13.2 Å². The van der Waals surface area contributed by atoms with Crippen molar-refractivity contribution in [3.8, 4) is 5.75 Å². The van der Waals surface area contributed by atoms with Gasteiger partial charge in [-0.1, -0.05) is 30.3 Å². The summed E-state index contributed by atoms with van der Waals surface area (Å²) in [6, 6.07) is 14.5. The van der Waals surface area contributed by atoms with E-state index in [2.05, 4.69) is 39.9 Å². The summed E-state index contributed by atoms with van der Waals surface area (Å²) in [7, 11) is 1.77. The van der Waals surface area contributed by atoms with Crippen molar-refractivity contribution in [3.63, 3.8) is 0 Å². The summed E-state index contributed by atoms with van der Waals surface area (Å²) in [5.41, 5.74) is 0. The van der Waals surface area contributed by atoms with Crippen LogP contribution in [0.4, 0.5) is 0 Å². The van der Waals surface area contributed by atoms with Crippen LogP contribution in [-0.4, -0.2) is 45.9 Å². The van der Waals surface area contributed by atoms with E-state index in [1.165, 1.54) is 10.8 Å². The topological polar surface area (TPSA) is 54.9 Å². The monoisotopic (exact) mass is 457 g/mol. The van der Waals surface area contributed by atoms with E-state index < -0.39 is 0 Å². The molecule has 0 aromatic heterocycles. The second-order valence-electron chi connectivity index (χ2n) is 5.33. The van der Waals surface area contributed by atoms with Gasteiger partial charge in [0.1, 0.15) is 5.75 Å². The molecule has 5 nitrogen and oxygen atoms in total. The second-order valence-corrected chi connectivity index (χ2v) is 5.33. The highest BCUT2D eigenvalue weighted by Gasteiger charge is 1.99. The lowest BCUT2D eigenvalue weighted by Gasteiger charge is -2.12. The van der Waals surface area contributed by atoms with Gasteiger partial charge >= 0.3 is 0 Å². The quantitative estimate of drug-likeness (QED) is 0.262. The Hall–Kier alpha value is -1.54. The van der Waals surface area contributed by atoms with E-state index in [9.17, 15) is 0 Å². The summed E-state index contributed by atoms with van der Waals surface area (Å²) < 4.78 is 11.1. The molecule has 0 atom stereocenters. The van der Waals surface area contributed by atoms with Crippen molar-refractivity contribution in [3.05, 3.63) is 42.5 Å². The Kier molecular flexibility index (Phi) is 11.0. The third kappa shape index (κ3) is 7.92. The van der Waals surface area contributed by atoms with E-state index in [1.54, 1.807) is 7.05 Å². The van der Waals surface area contributed by atoms with Crippen molar-refractivity contribution >= 4 is 40.7 Å². The summed E-state index contributed by atoms with van der Waals surface area (Å²) in [5, 5.41) is 8.90. The molecule has 2 rings (SSSR count). The molecule has 0 aliphatic carbocycles. The lowest BCUT2D eigenvalue weighted by atomic mass is 10.1. The largest absolute Gasteiger partial charge is 0.494 e. The fourth-order valence-electron chi connectivity index (χ4n) is 2.33. The molecule has 0 radical (unpaired) electrons. The van der Waals surface area contributed by atoms with Crippen molar-refractivity contribution in [1.82, 2.24) is 10.6 Å². The fourth-order valence-corrected chi connectivity index (χ4v) is 2.33. The molecular weight excluding hydrogens is 429 g/mol. The van der Waals surface area contributed by atoms with Crippen LogP contribution in [0, 0.1) is 0 Å². The third-order valence-electron chi connectivity index (χ3n) is 3.57. The summed E-state index contributed by atoms with van der Waals surface area (Å²) >= 11 is 0. The normalized spacial score (nSPS) is 11.0. The van der Waals surface area contributed by atoms with E-state index >= 15 is 0 Å². The molecule has 0 heterocycles. The van der Waals surface area contributed by atoms with Crippen molar-refractivity contribution in [2.45, 2.75) is 13.3 Å². The van der Waals surface area contributed by atoms with Crippen LogP contribution >= 0.6 is 24.0 Å². The minimum absolute atomic E-state index is 0. The Balaban J connectivity index is 0.00000312. The Morgan fingerprint density at radius 3 is 2.52 bits per heavy atom. The van der Waals surface area contributed by atoms with Crippen LogP contribution in [0.2, 0.25) is 0 Å². The van der Waals surface area contributed by atoms with Gasteiger partial charge in [-0.2, -0.15) is 0 Å². The molecule has 138 valence electrons. The molecule has 2 N–H and O–H groups in total. The molecule has 0 fully saturated rings. The highest BCUT2D eigenvalue weighted by Crippen LogP contribution is 2.20. The molecule has 25 heavy (non-hydrogen) atoms. The van der Waals surface area contributed by atoms with Gasteiger partial charge in [-0.3, -0.25) is 4.99 Å². The maximum absolute atomic E-state index is 5.82.